The first-order chi connectivity index (χ1) is 12.1. The number of rotatable bonds is 5. The molecule has 2 aliphatic rings. The van der Waals surface area contributed by atoms with Crippen LogP contribution in [0, 0.1) is 17.6 Å². The van der Waals surface area contributed by atoms with Gasteiger partial charge in [-0.05, 0) is 36.5 Å². The fraction of sp³-hybridized carbons (Fsp3) is 0.650. The lowest BCUT2D eigenvalue weighted by atomic mass is 10.0. The number of carbonyl (C=O) groups is 1. The van der Waals surface area contributed by atoms with Gasteiger partial charge in [-0.1, -0.05) is 31.7 Å². The maximum Gasteiger partial charge on any atom is 0.222 e. The predicted molar refractivity (Wildman–Crippen MR) is 94.0 cm³/mol. The standard InChI is InChI=1S/C20H28F2N2O/c21-18-8-6-17(14-19(18)22)15-23-10-3-11-24(13-12-23)20(25)9-7-16-4-1-2-5-16/h6,8,14,16H,1-5,7,9-13,15H2. The summed E-state index contributed by atoms with van der Waals surface area (Å²) in [6, 6.07) is 4.08. The Kier molecular flexibility index (Phi) is 6.40. The Morgan fingerprint density at radius 1 is 1.00 bits per heavy atom. The van der Waals surface area contributed by atoms with Crippen molar-refractivity contribution < 1.29 is 13.6 Å². The summed E-state index contributed by atoms with van der Waals surface area (Å²) in [5, 5.41) is 0. The van der Waals surface area contributed by atoms with Crippen LogP contribution in [0.15, 0.2) is 18.2 Å². The van der Waals surface area contributed by atoms with Crippen LogP contribution in [0.4, 0.5) is 8.78 Å². The first-order valence-electron chi connectivity index (χ1n) is 9.56. The minimum absolute atomic E-state index is 0.279. The second-order valence-corrected chi connectivity index (χ2v) is 7.45. The zero-order valence-electron chi connectivity index (χ0n) is 14.9. The van der Waals surface area contributed by atoms with Crippen LogP contribution in [0.3, 0.4) is 0 Å². The van der Waals surface area contributed by atoms with Gasteiger partial charge < -0.3 is 4.90 Å². The van der Waals surface area contributed by atoms with E-state index in [1.165, 1.54) is 37.8 Å². The van der Waals surface area contributed by atoms with E-state index in [1.807, 2.05) is 4.90 Å². The minimum atomic E-state index is -0.807. The molecule has 0 aromatic heterocycles. The summed E-state index contributed by atoms with van der Waals surface area (Å²) in [4.78, 5) is 16.7. The normalized spacial score (nSPS) is 20.0. The molecule has 1 aromatic rings. The zero-order valence-corrected chi connectivity index (χ0v) is 14.9. The average molecular weight is 350 g/mol. The number of hydrogen-bond donors (Lipinski definition) is 0. The molecule has 3 rings (SSSR count). The molecule has 5 heteroatoms. The van der Waals surface area contributed by atoms with E-state index in [2.05, 4.69) is 4.90 Å². The van der Waals surface area contributed by atoms with Gasteiger partial charge in [0.2, 0.25) is 5.91 Å². The molecule has 1 amide bonds. The molecule has 1 heterocycles. The summed E-state index contributed by atoms with van der Waals surface area (Å²) in [5.74, 6) is -0.572. The molecule has 3 nitrogen and oxygen atoms in total. The SMILES string of the molecule is O=C(CCC1CCCC1)N1CCCN(Cc2ccc(F)c(F)c2)CC1. The van der Waals surface area contributed by atoms with Crippen LogP contribution in [0.2, 0.25) is 0 Å². The van der Waals surface area contributed by atoms with Crippen molar-refractivity contribution in [1.29, 1.82) is 0 Å². The van der Waals surface area contributed by atoms with Gasteiger partial charge in [-0.15, -0.1) is 0 Å². The second-order valence-electron chi connectivity index (χ2n) is 7.45. The number of benzene rings is 1. The van der Waals surface area contributed by atoms with Crippen molar-refractivity contribution >= 4 is 5.91 Å². The molecule has 0 atom stereocenters. The largest absolute Gasteiger partial charge is 0.341 e. The molecule has 0 N–H and O–H groups in total. The summed E-state index contributed by atoms with van der Waals surface area (Å²) >= 11 is 0. The van der Waals surface area contributed by atoms with Gasteiger partial charge in [0.05, 0.1) is 0 Å². The fourth-order valence-corrected chi connectivity index (χ4v) is 4.06. The van der Waals surface area contributed by atoms with Gasteiger partial charge in [-0.25, -0.2) is 8.78 Å². The van der Waals surface area contributed by atoms with Crippen molar-refractivity contribution in [3.05, 3.63) is 35.4 Å². The Bertz CT molecular complexity index is 587. The van der Waals surface area contributed by atoms with E-state index in [9.17, 15) is 13.6 Å². The van der Waals surface area contributed by atoms with E-state index >= 15 is 0 Å². The predicted octanol–water partition coefficient (Wildman–Crippen LogP) is 3.97. The van der Waals surface area contributed by atoms with Crippen molar-refractivity contribution in [2.75, 3.05) is 26.2 Å². The lowest BCUT2D eigenvalue weighted by Gasteiger charge is -2.22. The van der Waals surface area contributed by atoms with Crippen molar-refractivity contribution in [2.24, 2.45) is 5.92 Å². The van der Waals surface area contributed by atoms with Crippen LogP contribution in [-0.4, -0.2) is 41.9 Å². The van der Waals surface area contributed by atoms with Gasteiger partial charge in [0.1, 0.15) is 0 Å². The summed E-state index contributed by atoms with van der Waals surface area (Å²) in [7, 11) is 0. The molecule has 1 saturated heterocycles. The molecule has 1 aliphatic heterocycles. The van der Waals surface area contributed by atoms with Crippen LogP contribution < -0.4 is 0 Å². The first-order valence-corrected chi connectivity index (χ1v) is 9.56. The van der Waals surface area contributed by atoms with Crippen LogP contribution in [-0.2, 0) is 11.3 Å². The molecular weight excluding hydrogens is 322 g/mol. The molecule has 2 fully saturated rings. The Labute approximate surface area is 149 Å². The Morgan fingerprint density at radius 3 is 2.56 bits per heavy atom. The summed E-state index contributed by atoms with van der Waals surface area (Å²) in [6.45, 7) is 3.80. The van der Waals surface area contributed by atoms with Crippen LogP contribution >= 0.6 is 0 Å². The highest BCUT2D eigenvalue weighted by Crippen LogP contribution is 2.28. The third-order valence-corrected chi connectivity index (χ3v) is 5.57. The van der Waals surface area contributed by atoms with Crippen LogP contribution in [0.1, 0.15) is 50.5 Å². The van der Waals surface area contributed by atoms with E-state index in [1.54, 1.807) is 6.07 Å². The Hall–Kier alpha value is -1.49. The fourth-order valence-electron chi connectivity index (χ4n) is 4.06. The molecule has 0 spiro atoms. The van der Waals surface area contributed by atoms with Crippen LogP contribution in [0.25, 0.3) is 0 Å². The smallest absolute Gasteiger partial charge is 0.222 e. The molecule has 1 saturated carbocycles. The van der Waals surface area contributed by atoms with Crippen LogP contribution in [0.5, 0.6) is 0 Å². The number of carbonyl (C=O) groups excluding carboxylic acids is 1. The summed E-state index contributed by atoms with van der Waals surface area (Å²) in [6.07, 6.45) is 7.86. The first kappa shape index (κ1) is 18.3. The molecular formula is C20H28F2N2O. The molecule has 1 aliphatic carbocycles. The topological polar surface area (TPSA) is 23.6 Å². The van der Waals surface area contributed by atoms with E-state index in [0.29, 0.717) is 13.0 Å². The van der Waals surface area contributed by atoms with E-state index in [-0.39, 0.29) is 5.91 Å². The lowest BCUT2D eigenvalue weighted by molar-refractivity contribution is -0.131. The molecule has 0 radical (unpaired) electrons. The highest BCUT2D eigenvalue weighted by Gasteiger charge is 2.21. The average Bonchev–Trinajstić information content (AvgIpc) is 3.01. The van der Waals surface area contributed by atoms with Gasteiger partial charge in [-0.2, -0.15) is 0 Å². The third-order valence-electron chi connectivity index (χ3n) is 5.57. The van der Waals surface area contributed by atoms with Gasteiger partial charge in [0.25, 0.3) is 0 Å². The maximum absolute atomic E-state index is 13.3. The molecule has 0 unspecified atom stereocenters. The quantitative estimate of drug-likeness (QED) is 0.802. The number of nitrogens with zero attached hydrogens (tertiary/aromatic N) is 2. The second kappa shape index (κ2) is 8.75. The highest BCUT2D eigenvalue weighted by atomic mass is 19.2. The summed E-state index contributed by atoms with van der Waals surface area (Å²) < 4.78 is 26.4. The molecule has 138 valence electrons. The number of halogens is 2. The van der Waals surface area contributed by atoms with Crippen molar-refractivity contribution in [3.8, 4) is 0 Å². The minimum Gasteiger partial charge on any atom is -0.341 e. The maximum atomic E-state index is 13.3. The van der Waals surface area contributed by atoms with Crippen molar-refractivity contribution in [1.82, 2.24) is 9.80 Å². The van der Waals surface area contributed by atoms with Crippen molar-refractivity contribution in [2.45, 2.75) is 51.5 Å². The zero-order chi connectivity index (χ0) is 17.6. The van der Waals surface area contributed by atoms with Crippen molar-refractivity contribution in [3.63, 3.8) is 0 Å². The van der Waals surface area contributed by atoms with Gasteiger partial charge in [-0.3, -0.25) is 9.69 Å². The van der Waals surface area contributed by atoms with E-state index in [4.69, 9.17) is 0 Å². The number of hydrogen-bond acceptors (Lipinski definition) is 2. The summed E-state index contributed by atoms with van der Waals surface area (Å²) in [5.41, 5.74) is 0.778. The Morgan fingerprint density at radius 2 is 1.80 bits per heavy atom. The van der Waals surface area contributed by atoms with Gasteiger partial charge >= 0.3 is 0 Å². The monoisotopic (exact) mass is 350 g/mol. The van der Waals surface area contributed by atoms with E-state index < -0.39 is 11.6 Å². The molecule has 0 bridgehead atoms. The lowest BCUT2D eigenvalue weighted by Crippen LogP contribution is -2.35. The third kappa shape index (κ3) is 5.24. The van der Waals surface area contributed by atoms with Gasteiger partial charge in [0, 0.05) is 39.1 Å². The Balaban J connectivity index is 1.46. The molecule has 1 aromatic carbocycles. The highest BCUT2D eigenvalue weighted by molar-refractivity contribution is 5.76. The van der Waals surface area contributed by atoms with E-state index in [0.717, 1.165) is 50.5 Å². The number of amides is 1. The molecule has 25 heavy (non-hydrogen) atoms. The van der Waals surface area contributed by atoms with Gasteiger partial charge in [0.15, 0.2) is 11.6 Å².